The summed E-state index contributed by atoms with van der Waals surface area (Å²) < 4.78 is 5.65. The SMILES string of the molecule is CC(C)Oc1cccc(C(=O)NC(=S)Nc2sc3c(c2C(N)=O)CC[C@@H](C(C)(C)C)C3)c1. The number of carbonyl (C=O) groups excluding carboxylic acids is 2. The van der Waals surface area contributed by atoms with E-state index in [2.05, 4.69) is 31.4 Å². The molecule has 172 valence electrons. The van der Waals surface area contributed by atoms with Crippen LogP contribution in [0.3, 0.4) is 0 Å². The van der Waals surface area contributed by atoms with Gasteiger partial charge in [-0.25, -0.2) is 0 Å². The molecule has 2 amide bonds. The fraction of sp³-hybridized carbons (Fsp3) is 0.458. The standard InChI is InChI=1S/C24H31N3O3S2/c1-13(2)30-16-8-6-7-14(11-16)21(29)26-23(31)27-22-19(20(25)28)17-10-9-15(24(3,4)5)12-18(17)32-22/h6-8,11,13,15H,9-10,12H2,1-5H3,(H2,25,28)(H2,26,27,29,31)/t15-/m1/s1. The van der Waals surface area contributed by atoms with Gasteiger partial charge in [0.2, 0.25) is 0 Å². The van der Waals surface area contributed by atoms with Crippen LogP contribution in [0.15, 0.2) is 24.3 Å². The summed E-state index contributed by atoms with van der Waals surface area (Å²) in [6.07, 6.45) is 2.75. The predicted octanol–water partition coefficient (Wildman–Crippen LogP) is 4.91. The van der Waals surface area contributed by atoms with Gasteiger partial charge >= 0.3 is 0 Å². The average Bonchev–Trinajstić information content (AvgIpc) is 3.03. The van der Waals surface area contributed by atoms with Crippen molar-refractivity contribution in [1.29, 1.82) is 0 Å². The highest BCUT2D eigenvalue weighted by atomic mass is 32.1. The van der Waals surface area contributed by atoms with Crippen LogP contribution in [0.4, 0.5) is 5.00 Å². The number of carbonyl (C=O) groups is 2. The molecule has 3 rings (SSSR count). The summed E-state index contributed by atoms with van der Waals surface area (Å²) in [6, 6.07) is 6.92. The first-order valence-corrected chi connectivity index (χ1v) is 12.0. The monoisotopic (exact) mass is 473 g/mol. The van der Waals surface area contributed by atoms with Crippen molar-refractivity contribution in [2.24, 2.45) is 17.1 Å². The molecular weight excluding hydrogens is 442 g/mol. The Bertz CT molecular complexity index is 1040. The number of fused-ring (bicyclic) bond motifs is 1. The Labute approximate surface area is 198 Å². The first-order valence-electron chi connectivity index (χ1n) is 10.8. The van der Waals surface area contributed by atoms with Crippen molar-refractivity contribution in [3.63, 3.8) is 0 Å². The normalized spacial score (nSPS) is 15.8. The Morgan fingerprint density at radius 1 is 1.28 bits per heavy atom. The Morgan fingerprint density at radius 2 is 2.00 bits per heavy atom. The summed E-state index contributed by atoms with van der Waals surface area (Å²) in [4.78, 5) is 26.1. The zero-order chi connectivity index (χ0) is 23.6. The van der Waals surface area contributed by atoms with Gasteiger partial charge in [-0.05, 0) is 80.4 Å². The van der Waals surface area contributed by atoms with Crippen LogP contribution >= 0.6 is 23.6 Å². The van der Waals surface area contributed by atoms with E-state index in [1.54, 1.807) is 24.3 Å². The Morgan fingerprint density at radius 3 is 2.62 bits per heavy atom. The van der Waals surface area contributed by atoms with Crippen molar-refractivity contribution in [3.8, 4) is 5.75 Å². The van der Waals surface area contributed by atoms with Crippen molar-refractivity contribution < 1.29 is 14.3 Å². The van der Waals surface area contributed by atoms with E-state index in [0.29, 0.717) is 27.8 Å². The quantitative estimate of drug-likeness (QED) is 0.537. The molecule has 0 aliphatic heterocycles. The maximum absolute atomic E-state index is 12.7. The number of hydrogen-bond acceptors (Lipinski definition) is 5. The third-order valence-corrected chi connectivity index (χ3v) is 7.03. The highest BCUT2D eigenvalue weighted by molar-refractivity contribution is 7.80. The van der Waals surface area contributed by atoms with Gasteiger partial charge in [0.05, 0.1) is 11.7 Å². The zero-order valence-electron chi connectivity index (χ0n) is 19.2. The van der Waals surface area contributed by atoms with E-state index in [0.717, 1.165) is 24.8 Å². The molecule has 0 unspecified atom stereocenters. The first kappa shape index (κ1) is 24.2. The summed E-state index contributed by atoms with van der Waals surface area (Å²) in [5, 5.41) is 6.44. The molecule has 0 bridgehead atoms. The second-order valence-corrected chi connectivity index (χ2v) is 11.0. The summed E-state index contributed by atoms with van der Waals surface area (Å²) in [6.45, 7) is 10.6. The molecule has 0 spiro atoms. The number of amides is 2. The number of nitrogens with one attached hydrogen (secondary N) is 2. The van der Waals surface area contributed by atoms with Crippen molar-refractivity contribution in [2.75, 3.05) is 5.32 Å². The lowest BCUT2D eigenvalue weighted by Gasteiger charge is -2.33. The average molecular weight is 474 g/mol. The fourth-order valence-corrected chi connectivity index (χ4v) is 5.56. The largest absolute Gasteiger partial charge is 0.491 e. The second kappa shape index (κ2) is 9.58. The molecule has 4 N–H and O–H groups in total. The van der Waals surface area contributed by atoms with Gasteiger partial charge in [-0.1, -0.05) is 26.8 Å². The van der Waals surface area contributed by atoms with E-state index in [1.165, 1.54) is 16.2 Å². The van der Waals surface area contributed by atoms with Crippen molar-refractivity contribution in [2.45, 2.75) is 60.0 Å². The third kappa shape index (κ3) is 5.66. The van der Waals surface area contributed by atoms with Gasteiger partial charge in [0.15, 0.2) is 5.11 Å². The highest BCUT2D eigenvalue weighted by Gasteiger charge is 2.33. The van der Waals surface area contributed by atoms with Crippen LogP contribution in [0.5, 0.6) is 5.75 Å². The van der Waals surface area contributed by atoms with E-state index in [1.807, 2.05) is 13.8 Å². The van der Waals surface area contributed by atoms with Gasteiger partial charge in [-0.3, -0.25) is 14.9 Å². The van der Waals surface area contributed by atoms with Crippen LogP contribution in [0.2, 0.25) is 0 Å². The Balaban J connectivity index is 1.75. The van der Waals surface area contributed by atoms with Crippen LogP contribution in [-0.4, -0.2) is 23.0 Å². The molecule has 6 nitrogen and oxygen atoms in total. The van der Waals surface area contributed by atoms with Gasteiger partial charge in [0.1, 0.15) is 10.8 Å². The molecule has 0 saturated carbocycles. The number of thiophene rings is 1. The van der Waals surface area contributed by atoms with Gasteiger partial charge in [-0.2, -0.15) is 0 Å². The number of primary amides is 1. The molecule has 1 aliphatic rings. The van der Waals surface area contributed by atoms with Crippen LogP contribution in [0.25, 0.3) is 0 Å². The smallest absolute Gasteiger partial charge is 0.257 e. The van der Waals surface area contributed by atoms with E-state index < -0.39 is 5.91 Å². The maximum atomic E-state index is 12.7. The van der Waals surface area contributed by atoms with Gasteiger partial charge in [0.25, 0.3) is 11.8 Å². The molecule has 1 heterocycles. The van der Waals surface area contributed by atoms with Crippen molar-refractivity contribution in [3.05, 3.63) is 45.8 Å². The number of ether oxygens (including phenoxy) is 1. The van der Waals surface area contributed by atoms with Gasteiger partial charge in [0, 0.05) is 10.4 Å². The molecule has 1 atom stereocenters. The van der Waals surface area contributed by atoms with Crippen LogP contribution in [0.1, 0.15) is 72.2 Å². The number of nitrogens with two attached hydrogens (primary N) is 1. The highest BCUT2D eigenvalue weighted by Crippen LogP contribution is 2.44. The fourth-order valence-electron chi connectivity index (χ4n) is 3.97. The molecule has 1 aromatic heterocycles. The molecule has 1 aliphatic carbocycles. The number of benzene rings is 1. The first-order chi connectivity index (χ1) is 15.0. The summed E-state index contributed by atoms with van der Waals surface area (Å²) >= 11 is 6.86. The Kier molecular flexibility index (Phi) is 7.25. The topological polar surface area (TPSA) is 93.4 Å². The third-order valence-electron chi connectivity index (χ3n) is 5.66. The van der Waals surface area contributed by atoms with E-state index in [-0.39, 0.29) is 22.5 Å². The number of rotatable bonds is 5. The van der Waals surface area contributed by atoms with E-state index in [4.69, 9.17) is 22.7 Å². The zero-order valence-corrected chi connectivity index (χ0v) is 20.8. The lowest BCUT2D eigenvalue weighted by molar-refractivity contribution is 0.0974. The van der Waals surface area contributed by atoms with Gasteiger partial charge in [-0.15, -0.1) is 11.3 Å². The molecule has 0 radical (unpaired) electrons. The predicted molar refractivity (Wildman–Crippen MR) is 134 cm³/mol. The number of hydrogen-bond donors (Lipinski definition) is 3. The lowest BCUT2D eigenvalue weighted by Crippen LogP contribution is -2.34. The molecule has 0 fully saturated rings. The summed E-state index contributed by atoms with van der Waals surface area (Å²) in [5.74, 6) is 0.314. The minimum absolute atomic E-state index is 0.00557. The van der Waals surface area contributed by atoms with Crippen molar-refractivity contribution >= 4 is 45.5 Å². The second-order valence-electron chi connectivity index (χ2n) is 9.48. The van der Waals surface area contributed by atoms with E-state index >= 15 is 0 Å². The Hall–Kier alpha value is -2.45. The van der Waals surface area contributed by atoms with Crippen LogP contribution < -0.4 is 21.1 Å². The minimum Gasteiger partial charge on any atom is -0.491 e. The maximum Gasteiger partial charge on any atom is 0.257 e. The van der Waals surface area contributed by atoms with Crippen LogP contribution in [-0.2, 0) is 12.8 Å². The number of thiocarbonyl (C=S) groups is 1. The lowest BCUT2D eigenvalue weighted by atomic mass is 9.72. The summed E-state index contributed by atoms with van der Waals surface area (Å²) in [7, 11) is 0. The molecule has 0 saturated heterocycles. The van der Waals surface area contributed by atoms with Gasteiger partial charge < -0.3 is 15.8 Å². The number of anilines is 1. The molecule has 8 heteroatoms. The van der Waals surface area contributed by atoms with E-state index in [9.17, 15) is 9.59 Å². The molecular formula is C24H31N3O3S2. The molecule has 1 aromatic carbocycles. The summed E-state index contributed by atoms with van der Waals surface area (Å²) in [5.41, 5.74) is 7.84. The molecule has 2 aromatic rings. The van der Waals surface area contributed by atoms with Crippen molar-refractivity contribution in [1.82, 2.24) is 5.32 Å². The molecule has 32 heavy (non-hydrogen) atoms. The van der Waals surface area contributed by atoms with Crippen LogP contribution in [0, 0.1) is 11.3 Å². The minimum atomic E-state index is -0.480.